The highest BCUT2D eigenvalue weighted by molar-refractivity contribution is 5.91. The van der Waals surface area contributed by atoms with E-state index in [4.69, 9.17) is 0 Å². The second-order valence-corrected chi connectivity index (χ2v) is 6.59. The zero-order chi connectivity index (χ0) is 16.2. The summed E-state index contributed by atoms with van der Waals surface area (Å²) >= 11 is 0. The molecule has 6 nitrogen and oxygen atoms in total. The highest BCUT2D eigenvalue weighted by atomic mass is 16.2. The third kappa shape index (κ3) is 4.53. The van der Waals surface area contributed by atoms with Crippen LogP contribution in [0.4, 0.5) is 0 Å². The Bertz CT molecular complexity index is 593. The van der Waals surface area contributed by atoms with Gasteiger partial charge in [-0.25, -0.2) is 5.10 Å². The molecular weight excluding hydrogens is 280 g/mol. The lowest BCUT2D eigenvalue weighted by Crippen LogP contribution is -2.38. The van der Waals surface area contributed by atoms with Gasteiger partial charge in [0.05, 0.1) is 0 Å². The fourth-order valence-corrected chi connectivity index (χ4v) is 2.48. The van der Waals surface area contributed by atoms with Crippen LogP contribution < -0.4 is 10.9 Å². The maximum atomic E-state index is 11.9. The Kier molecular flexibility index (Phi) is 5.13. The lowest BCUT2D eigenvalue weighted by Gasteiger charge is -2.32. The van der Waals surface area contributed by atoms with E-state index < -0.39 is 0 Å². The molecular formula is C16H24N4O2. The summed E-state index contributed by atoms with van der Waals surface area (Å²) in [6.07, 6.45) is 3.38. The second kappa shape index (κ2) is 6.87. The van der Waals surface area contributed by atoms with E-state index in [2.05, 4.69) is 47.3 Å². The molecule has 1 aromatic rings. The van der Waals surface area contributed by atoms with E-state index in [1.54, 1.807) is 0 Å². The zero-order valence-corrected chi connectivity index (χ0v) is 13.5. The van der Waals surface area contributed by atoms with Gasteiger partial charge in [0.25, 0.3) is 11.5 Å². The average molecular weight is 304 g/mol. The summed E-state index contributed by atoms with van der Waals surface area (Å²) in [5.41, 5.74) is 1.67. The summed E-state index contributed by atoms with van der Waals surface area (Å²) in [7, 11) is 0. The number of carbonyl (C=O) groups excluding carboxylic acids is 1. The van der Waals surface area contributed by atoms with Crippen LogP contribution in [0.3, 0.4) is 0 Å². The van der Waals surface area contributed by atoms with E-state index in [-0.39, 0.29) is 22.6 Å². The first-order valence-electron chi connectivity index (χ1n) is 7.62. The van der Waals surface area contributed by atoms with Gasteiger partial charge in [0.1, 0.15) is 5.69 Å². The van der Waals surface area contributed by atoms with Crippen LogP contribution in [0.15, 0.2) is 28.6 Å². The number of nitrogens with zero attached hydrogens (tertiary/aromatic N) is 2. The first-order chi connectivity index (χ1) is 10.4. The van der Waals surface area contributed by atoms with Gasteiger partial charge in [0.2, 0.25) is 0 Å². The summed E-state index contributed by atoms with van der Waals surface area (Å²) in [5.74, 6) is -0.265. The normalized spacial score (nSPS) is 16.2. The van der Waals surface area contributed by atoms with Crippen LogP contribution in [0, 0.1) is 5.41 Å². The molecule has 1 amide bonds. The summed E-state index contributed by atoms with van der Waals surface area (Å²) in [6, 6.07) is 2.72. The van der Waals surface area contributed by atoms with E-state index >= 15 is 0 Å². The molecule has 1 aromatic heterocycles. The van der Waals surface area contributed by atoms with E-state index in [0.717, 1.165) is 26.1 Å². The Labute approximate surface area is 130 Å². The van der Waals surface area contributed by atoms with Crippen molar-refractivity contribution in [3.63, 3.8) is 0 Å². The Morgan fingerprint density at radius 2 is 2.18 bits per heavy atom. The van der Waals surface area contributed by atoms with Crippen LogP contribution in [0.2, 0.25) is 0 Å². The van der Waals surface area contributed by atoms with Gasteiger partial charge in [-0.05, 0) is 17.9 Å². The van der Waals surface area contributed by atoms with Crippen molar-refractivity contribution in [1.82, 2.24) is 20.4 Å². The topological polar surface area (TPSA) is 78.1 Å². The van der Waals surface area contributed by atoms with Crippen molar-refractivity contribution < 1.29 is 4.79 Å². The number of hydrogen-bond donors (Lipinski definition) is 2. The molecule has 0 unspecified atom stereocenters. The largest absolute Gasteiger partial charge is 0.349 e. The van der Waals surface area contributed by atoms with Crippen LogP contribution in [0.5, 0.6) is 0 Å². The van der Waals surface area contributed by atoms with Crippen LogP contribution in [0.1, 0.15) is 37.7 Å². The van der Waals surface area contributed by atoms with E-state index in [1.165, 1.54) is 17.7 Å². The minimum atomic E-state index is -0.314. The van der Waals surface area contributed by atoms with Crippen molar-refractivity contribution in [2.24, 2.45) is 5.41 Å². The second-order valence-electron chi connectivity index (χ2n) is 6.59. The molecule has 2 heterocycles. The van der Waals surface area contributed by atoms with Gasteiger partial charge in [-0.2, -0.15) is 5.10 Å². The smallest absolute Gasteiger partial charge is 0.271 e. The van der Waals surface area contributed by atoms with Gasteiger partial charge in [-0.15, -0.1) is 0 Å². The highest BCUT2D eigenvalue weighted by Gasteiger charge is 2.21. The minimum Gasteiger partial charge on any atom is -0.349 e. The fourth-order valence-electron chi connectivity index (χ4n) is 2.48. The molecule has 2 N–H and O–H groups in total. The average Bonchev–Trinajstić information content (AvgIpc) is 2.47. The summed E-state index contributed by atoms with van der Waals surface area (Å²) in [5, 5.41) is 8.78. The SMILES string of the molecule is CC(C)(C)C1=CCN(CCNC(=O)c2ccc(=O)[nH]n2)CC1. The van der Waals surface area contributed by atoms with Crippen LogP contribution >= 0.6 is 0 Å². The van der Waals surface area contributed by atoms with Crippen LogP contribution in [-0.4, -0.2) is 47.2 Å². The van der Waals surface area contributed by atoms with Crippen LogP contribution in [-0.2, 0) is 0 Å². The maximum Gasteiger partial charge on any atom is 0.271 e. The number of H-pyrrole nitrogens is 1. The number of aromatic nitrogens is 2. The summed E-state index contributed by atoms with van der Waals surface area (Å²) < 4.78 is 0. The molecule has 1 aliphatic rings. The number of hydrogen-bond acceptors (Lipinski definition) is 4. The predicted molar refractivity (Wildman–Crippen MR) is 85.8 cm³/mol. The van der Waals surface area contributed by atoms with Crippen molar-refractivity contribution in [3.05, 3.63) is 39.8 Å². The first-order valence-corrected chi connectivity index (χ1v) is 7.62. The van der Waals surface area contributed by atoms with Crippen molar-refractivity contribution in [2.75, 3.05) is 26.2 Å². The third-order valence-corrected chi connectivity index (χ3v) is 3.88. The molecule has 0 saturated heterocycles. The minimum absolute atomic E-state index is 0.230. The van der Waals surface area contributed by atoms with Gasteiger partial charge < -0.3 is 5.32 Å². The molecule has 0 atom stereocenters. The Morgan fingerprint density at radius 3 is 2.73 bits per heavy atom. The lowest BCUT2D eigenvalue weighted by atomic mass is 9.83. The van der Waals surface area contributed by atoms with Gasteiger partial charge in [0, 0.05) is 32.2 Å². The molecule has 1 aliphatic heterocycles. The molecule has 0 bridgehead atoms. The van der Waals surface area contributed by atoms with E-state index in [9.17, 15) is 9.59 Å². The standard InChI is InChI=1S/C16H24N4O2/c1-16(2,3)12-6-9-20(10-7-12)11-8-17-15(22)13-4-5-14(21)19-18-13/h4-6H,7-11H2,1-3H3,(H,17,22)(H,19,21). The number of rotatable bonds is 4. The molecule has 120 valence electrons. The molecule has 0 aromatic carbocycles. The monoisotopic (exact) mass is 304 g/mol. The lowest BCUT2D eigenvalue weighted by molar-refractivity contribution is 0.0942. The number of aromatic amines is 1. The Morgan fingerprint density at radius 1 is 1.41 bits per heavy atom. The zero-order valence-electron chi connectivity index (χ0n) is 13.5. The quantitative estimate of drug-likeness (QED) is 0.819. The van der Waals surface area contributed by atoms with Gasteiger partial charge in [-0.3, -0.25) is 14.5 Å². The summed E-state index contributed by atoms with van der Waals surface area (Å²) in [4.78, 5) is 25.1. The highest BCUT2D eigenvalue weighted by Crippen LogP contribution is 2.29. The Balaban J connectivity index is 1.76. The number of carbonyl (C=O) groups is 1. The maximum absolute atomic E-state index is 11.9. The molecule has 0 spiro atoms. The fraction of sp³-hybridized carbons (Fsp3) is 0.562. The molecule has 0 fully saturated rings. The number of amides is 1. The molecule has 0 radical (unpaired) electrons. The Hall–Kier alpha value is -1.95. The molecule has 2 rings (SSSR count). The van der Waals surface area contributed by atoms with Crippen LogP contribution in [0.25, 0.3) is 0 Å². The van der Waals surface area contributed by atoms with E-state index in [1.807, 2.05) is 0 Å². The van der Waals surface area contributed by atoms with Crippen molar-refractivity contribution in [1.29, 1.82) is 0 Å². The van der Waals surface area contributed by atoms with Crippen molar-refractivity contribution in [3.8, 4) is 0 Å². The summed E-state index contributed by atoms with van der Waals surface area (Å²) in [6.45, 7) is 10.1. The first kappa shape index (κ1) is 16.4. The van der Waals surface area contributed by atoms with Gasteiger partial charge in [0.15, 0.2) is 0 Å². The molecule has 0 aliphatic carbocycles. The predicted octanol–water partition coefficient (Wildman–Crippen LogP) is 1.18. The molecule has 6 heteroatoms. The van der Waals surface area contributed by atoms with E-state index in [0.29, 0.717) is 6.54 Å². The van der Waals surface area contributed by atoms with Crippen molar-refractivity contribution in [2.45, 2.75) is 27.2 Å². The number of nitrogens with one attached hydrogen (secondary N) is 2. The molecule has 0 saturated carbocycles. The van der Waals surface area contributed by atoms with Gasteiger partial charge in [-0.1, -0.05) is 32.4 Å². The molecule has 22 heavy (non-hydrogen) atoms. The third-order valence-electron chi connectivity index (χ3n) is 3.88. The van der Waals surface area contributed by atoms with Crippen molar-refractivity contribution >= 4 is 5.91 Å². The van der Waals surface area contributed by atoms with Gasteiger partial charge >= 0.3 is 0 Å².